The van der Waals surface area contributed by atoms with Crippen molar-refractivity contribution in [3.63, 3.8) is 0 Å². The van der Waals surface area contributed by atoms with Crippen molar-refractivity contribution in [3.05, 3.63) is 82.5 Å². The van der Waals surface area contributed by atoms with Gasteiger partial charge in [-0.2, -0.15) is 5.26 Å². The highest BCUT2D eigenvalue weighted by atomic mass is 35.5. The highest BCUT2D eigenvalue weighted by Gasteiger charge is 2.64. The number of rotatable bonds is 8. The Balaban J connectivity index is 0.994. The number of carbonyl (C=O) groups excluding carboxylic acids is 3. The first-order valence-electron chi connectivity index (χ1n) is 16.2. The highest BCUT2D eigenvalue weighted by molar-refractivity contribution is 6.31. The van der Waals surface area contributed by atoms with Crippen LogP contribution in [-0.2, 0) is 11.3 Å². The van der Waals surface area contributed by atoms with Gasteiger partial charge < -0.3 is 15.0 Å². The van der Waals surface area contributed by atoms with Crippen LogP contribution in [0, 0.1) is 22.2 Å². The number of aromatic nitrogens is 1. The van der Waals surface area contributed by atoms with Crippen LogP contribution in [0.1, 0.15) is 55.6 Å². The third-order valence-electron chi connectivity index (χ3n) is 9.84. The quantitative estimate of drug-likeness (QED) is 0.343. The molecule has 0 unspecified atom stereocenters. The van der Waals surface area contributed by atoms with Crippen molar-refractivity contribution in [1.29, 1.82) is 5.26 Å². The molecule has 1 aromatic heterocycles. The number of hydrogen-bond acceptors (Lipinski definition) is 8. The van der Waals surface area contributed by atoms with Crippen molar-refractivity contribution >= 4 is 41.0 Å². The first-order chi connectivity index (χ1) is 22.9. The van der Waals surface area contributed by atoms with Gasteiger partial charge in [0.25, 0.3) is 5.91 Å². The van der Waals surface area contributed by atoms with Crippen LogP contribution in [0.15, 0.2) is 60.8 Å². The summed E-state index contributed by atoms with van der Waals surface area (Å²) in [5.41, 5.74) is 2.11. The number of urea groups is 1. The van der Waals surface area contributed by atoms with Crippen molar-refractivity contribution in [3.8, 4) is 11.8 Å². The van der Waals surface area contributed by atoms with Crippen molar-refractivity contribution in [1.82, 2.24) is 20.5 Å². The third-order valence-corrected chi connectivity index (χ3v) is 10.2. The number of carbonyl (C=O) groups is 3. The molecule has 6 rings (SSSR count). The van der Waals surface area contributed by atoms with E-state index in [1.54, 1.807) is 29.3 Å². The molecule has 1 saturated carbocycles. The van der Waals surface area contributed by atoms with Crippen LogP contribution in [0.3, 0.4) is 0 Å². The number of hydrogen-bond donors (Lipinski definition) is 2. The van der Waals surface area contributed by atoms with E-state index in [1.807, 2.05) is 36.4 Å². The monoisotopic (exact) mass is 669 g/mol. The molecule has 0 spiro atoms. The van der Waals surface area contributed by atoms with Crippen molar-refractivity contribution in [2.75, 3.05) is 42.5 Å². The summed E-state index contributed by atoms with van der Waals surface area (Å²) in [5.74, 6) is 1.02. The Morgan fingerprint density at radius 1 is 1.02 bits per heavy atom. The maximum absolute atomic E-state index is 13.4. The Hall–Kier alpha value is -4.66. The summed E-state index contributed by atoms with van der Waals surface area (Å²) in [5, 5.41) is 15.1. The van der Waals surface area contributed by atoms with Crippen molar-refractivity contribution in [2.45, 2.75) is 52.8 Å². The lowest BCUT2D eigenvalue weighted by atomic mass is 9.49. The van der Waals surface area contributed by atoms with Crippen LogP contribution in [0.2, 0.25) is 5.02 Å². The second-order valence-electron chi connectivity index (χ2n) is 13.9. The number of pyridine rings is 1. The van der Waals surface area contributed by atoms with Crippen LogP contribution < -0.4 is 25.2 Å². The Bertz CT molecular complexity index is 1730. The number of benzene rings is 2. The maximum atomic E-state index is 13.4. The topological polar surface area (TPSA) is 131 Å². The molecule has 0 radical (unpaired) electrons. The molecule has 48 heavy (non-hydrogen) atoms. The summed E-state index contributed by atoms with van der Waals surface area (Å²) >= 11 is 6.22. The fourth-order valence-corrected chi connectivity index (χ4v) is 7.72. The van der Waals surface area contributed by atoms with Crippen molar-refractivity contribution in [2.24, 2.45) is 10.8 Å². The number of nitriles is 1. The molecule has 250 valence electrons. The number of anilines is 2. The Morgan fingerprint density at radius 3 is 2.33 bits per heavy atom. The van der Waals surface area contributed by atoms with Crippen LogP contribution in [0.25, 0.3) is 0 Å². The summed E-state index contributed by atoms with van der Waals surface area (Å²) in [7, 11) is 0. The van der Waals surface area contributed by atoms with E-state index in [4.69, 9.17) is 16.3 Å². The first-order valence-corrected chi connectivity index (χ1v) is 16.6. The molecular weight excluding hydrogens is 630 g/mol. The standard InChI is InChI=1S/C36H40ClN7O4/c1-35(2)32(36(3,4)33(35)48-27-11-7-24(20-38)28(37)19-27)41-31(46)25-8-12-29(39-21-25)43-17-15-42(16-18-43)22-23-5-9-26(10-6-23)44-14-13-30(45)40-34(44)47/h5-12,19,21,32-33H,13-18,22H2,1-4H3,(H,41,46)(H,40,45,47). The van der Waals surface area contributed by atoms with Gasteiger partial charge in [0.15, 0.2) is 0 Å². The second kappa shape index (κ2) is 13.1. The van der Waals surface area contributed by atoms with E-state index in [0.717, 1.165) is 49.8 Å². The fraction of sp³-hybridized carbons (Fsp3) is 0.417. The van der Waals surface area contributed by atoms with Crippen LogP contribution in [0.5, 0.6) is 5.75 Å². The zero-order valence-electron chi connectivity index (χ0n) is 27.6. The Labute approximate surface area is 285 Å². The SMILES string of the molecule is CC1(C)C(NC(=O)c2ccc(N3CCN(Cc4ccc(N5CCC(=O)NC5=O)cc4)CC3)nc2)C(C)(C)C1Oc1ccc(C#N)c(Cl)c1. The predicted octanol–water partition coefficient (Wildman–Crippen LogP) is 4.99. The number of nitrogens with one attached hydrogen (secondary N) is 2. The normalized spacial score (nSPS) is 21.9. The second-order valence-corrected chi connectivity index (χ2v) is 14.3. The Kier molecular flexibility index (Phi) is 9.07. The van der Waals surface area contributed by atoms with Crippen LogP contribution >= 0.6 is 11.6 Å². The molecule has 12 heteroatoms. The molecule has 1 aliphatic carbocycles. The molecule has 11 nitrogen and oxygen atoms in total. The molecule has 3 heterocycles. The van der Waals surface area contributed by atoms with Gasteiger partial charge in [0.1, 0.15) is 23.7 Å². The van der Waals surface area contributed by atoms with Gasteiger partial charge in [-0.05, 0) is 42.0 Å². The summed E-state index contributed by atoms with van der Waals surface area (Å²) in [6.07, 6.45) is 1.76. The molecule has 4 amide bonds. The zero-order valence-corrected chi connectivity index (χ0v) is 28.4. The molecular formula is C36H40ClN7O4. The van der Waals surface area contributed by atoms with Crippen molar-refractivity contribution < 1.29 is 19.1 Å². The van der Waals surface area contributed by atoms with E-state index in [-0.39, 0.29) is 40.8 Å². The summed E-state index contributed by atoms with van der Waals surface area (Å²) in [4.78, 5) is 47.8. The lowest BCUT2D eigenvalue weighted by molar-refractivity contribution is -0.164. The van der Waals surface area contributed by atoms with Gasteiger partial charge in [0, 0.05) is 80.5 Å². The molecule has 3 aliphatic rings. The van der Waals surface area contributed by atoms with Gasteiger partial charge >= 0.3 is 6.03 Å². The number of piperazine rings is 1. The fourth-order valence-electron chi connectivity index (χ4n) is 7.50. The van der Waals surface area contributed by atoms with Gasteiger partial charge in [-0.1, -0.05) is 51.4 Å². The molecule has 0 bridgehead atoms. The lowest BCUT2D eigenvalue weighted by Gasteiger charge is -2.63. The number of ether oxygens (including phenoxy) is 1. The van der Waals surface area contributed by atoms with Gasteiger partial charge in [-0.15, -0.1) is 0 Å². The number of nitrogens with zero attached hydrogens (tertiary/aromatic N) is 5. The Morgan fingerprint density at radius 2 is 1.73 bits per heavy atom. The maximum Gasteiger partial charge on any atom is 0.328 e. The third kappa shape index (κ3) is 6.55. The molecule has 3 fully saturated rings. The largest absolute Gasteiger partial charge is 0.489 e. The lowest BCUT2D eigenvalue weighted by Crippen LogP contribution is -2.74. The predicted molar refractivity (Wildman–Crippen MR) is 183 cm³/mol. The van der Waals surface area contributed by atoms with Gasteiger partial charge in [0.05, 0.1) is 16.1 Å². The van der Waals surface area contributed by atoms with E-state index < -0.39 is 0 Å². The molecule has 2 aromatic carbocycles. The molecule has 2 saturated heterocycles. The summed E-state index contributed by atoms with van der Waals surface area (Å²) < 4.78 is 6.35. The molecule has 0 atom stereocenters. The zero-order chi connectivity index (χ0) is 34.2. The molecule has 2 N–H and O–H groups in total. The van der Waals surface area contributed by atoms with E-state index >= 15 is 0 Å². The van der Waals surface area contributed by atoms with Gasteiger partial charge in [-0.25, -0.2) is 9.78 Å². The van der Waals surface area contributed by atoms with Gasteiger partial charge in [-0.3, -0.25) is 24.7 Å². The minimum atomic E-state index is -0.379. The average molecular weight is 670 g/mol. The summed E-state index contributed by atoms with van der Waals surface area (Å²) in [6.45, 7) is 12.9. The number of imide groups is 1. The van der Waals surface area contributed by atoms with E-state index in [2.05, 4.69) is 59.2 Å². The number of amides is 4. The molecule has 2 aliphatic heterocycles. The smallest absolute Gasteiger partial charge is 0.328 e. The molecule has 3 aromatic rings. The van der Waals surface area contributed by atoms with E-state index in [0.29, 0.717) is 34.9 Å². The first kappa shape index (κ1) is 33.2. The van der Waals surface area contributed by atoms with Crippen LogP contribution in [-0.4, -0.2) is 72.6 Å². The highest BCUT2D eigenvalue weighted by Crippen LogP contribution is 2.55. The number of halogens is 1. The van der Waals surface area contributed by atoms with Gasteiger partial charge in [0.2, 0.25) is 5.91 Å². The minimum absolute atomic E-state index is 0.143. The van der Waals surface area contributed by atoms with E-state index in [1.165, 1.54) is 0 Å². The average Bonchev–Trinajstić information content (AvgIpc) is 3.07. The van der Waals surface area contributed by atoms with Crippen LogP contribution in [0.4, 0.5) is 16.3 Å². The minimum Gasteiger partial charge on any atom is -0.489 e. The summed E-state index contributed by atoms with van der Waals surface area (Å²) in [6, 6.07) is 18.2. The van der Waals surface area contributed by atoms with E-state index in [9.17, 15) is 19.6 Å².